The predicted octanol–water partition coefficient (Wildman–Crippen LogP) is 3.22. The topological polar surface area (TPSA) is 56.2 Å². The van der Waals surface area contributed by atoms with Crippen molar-refractivity contribution in [2.75, 3.05) is 6.54 Å². The first-order valence-corrected chi connectivity index (χ1v) is 12.3. The number of halogens is 2. The van der Waals surface area contributed by atoms with Crippen molar-refractivity contribution in [2.45, 2.75) is 38.6 Å². The minimum absolute atomic E-state index is 0. The fraction of sp³-hybridized carbons (Fsp3) is 0.269. The molecular formula is C26H30AlF2LiN4S2. The molecule has 0 saturated carbocycles. The van der Waals surface area contributed by atoms with E-state index in [9.17, 15) is 8.78 Å². The predicted molar refractivity (Wildman–Crippen MR) is 148 cm³/mol. The van der Waals surface area contributed by atoms with Gasteiger partial charge in [-0.2, -0.15) is 0 Å². The summed E-state index contributed by atoms with van der Waals surface area (Å²) in [6, 6.07) is 12.6. The minimum atomic E-state index is -0.602. The van der Waals surface area contributed by atoms with E-state index in [2.05, 4.69) is 28.7 Å². The summed E-state index contributed by atoms with van der Waals surface area (Å²) in [5.41, 5.74) is 8.57. The smallest absolute Gasteiger partial charge is 1.00 e. The molecule has 2 aromatic carbocycles. The van der Waals surface area contributed by atoms with Crippen LogP contribution >= 0.6 is 22.7 Å². The Hall–Kier alpha value is -1.86. The van der Waals surface area contributed by atoms with E-state index in [4.69, 9.17) is 12.3 Å². The second-order valence-electron chi connectivity index (χ2n) is 8.85. The van der Waals surface area contributed by atoms with Gasteiger partial charge in [-0.25, -0.2) is 25.3 Å². The molecule has 0 fully saturated rings. The molecule has 0 aliphatic rings. The van der Waals surface area contributed by atoms with Gasteiger partial charge in [0.25, 0.3) is 5.54 Å². The molecule has 184 valence electrons. The Morgan fingerprint density at radius 2 is 1.22 bits per heavy atom. The second-order valence-corrected chi connectivity index (χ2v) is 10.6. The van der Waals surface area contributed by atoms with E-state index in [0.29, 0.717) is 6.54 Å². The standard InChI is InChI=1S/C13H11FN2S.C13H15FN2S.Al.Li.4H/c1-13(2,15-3)11-8-17-12(16-11)9-4-6-10(14)7-5-9;1-13(2,8-15)11-7-17-12(16-11)9-3-5-10(14)6-4-9;;;;;;/h4-8H,1-2H3;3-7H,8,15H2,1-2H3;;;;;;/q;;;+1;;;;-1. The molecule has 0 spiro atoms. The van der Waals surface area contributed by atoms with Crippen molar-refractivity contribution in [1.82, 2.24) is 9.97 Å². The summed E-state index contributed by atoms with van der Waals surface area (Å²) in [6.45, 7) is 15.5. The van der Waals surface area contributed by atoms with E-state index in [1.807, 2.05) is 24.6 Å². The Morgan fingerprint density at radius 1 is 0.833 bits per heavy atom. The van der Waals surface area contributed by atoms with Gasteiger partial charge in [0.15, 0.2) is 17.4 Å². The summed E-state index contributed by atoms with van der Waals surface area (Å²) in [4.78, 5) is 12.5. The van der Waals surface area contributed by atoms with E-state index in [1.165, 1.54) is 35.6 Å². The monoisotopic (exact) mass is 534 g/mol. The van der Waals surface area contributed by atoms with Crippen LogP contribution in [-0.4, -0.2) is 33.9 Å². The number of benzene rings is 2. The molecular weight excluding hydrogens is 504 g/mol. The Bertz CT molecular complexity index is 1290. The zero-order valence-electron chi connectivity index (χ0n) is 21.5. The van der Waals surface area contributed by atoms with Gasteiger partial charge in [-0.05, 0) is 48.5 Å². The number of aromatic nitrogens is 2. The minimum Gasteiger partial charge on any atom is -1.00 e. The summed E-state index contributed by atoms with van der Waals surface area (Å²) in [7, 11) is 0. The molecule has 0 unspecified atom stereocenters. The van der Waals surface area contributed by atoms with Gasteiger partial charge in [0.1, 0.15) is 27.3 Å². The average Bonchev–Trinajstić information content (AvgIpc) is 3.52. The van der Waals surface area contributed by atoms with Gasteiger partial charge < -0.3 is 12.0 Å². The summed E-state index contributed by atoms with van der Waals surface area (Å²) in [5.74, 6) is -0.486. The van der Waals surface area contributed by atoms with E-state index in [0.717, 1.165) is 32.5 Å². The third-order valence-corrected chi connectivity index (χ3v) is 7.08. The molecule has 0 saturated heterocycles. The van der Waals surface area contributed by atoms with Crippen molar-refractivity contribution in [2.24, 2.45) is 5.73 Å². The first-order valence-electron chi connectivity index (χ1n) is 10.6. The number of hydrogen-bond acceptors (Lipinski definition) is 5. The first-order chi connectivity index (χ1) is 16.1. The van der Waals surface area contributed by atoms with Crippen LogP contribution in [0.2, 0.25) is 0 Å². The van der Waals surface area contributed by atoms with Crippen LogP contribution < -0.4 is 24.6 Å². The maximum atomic E-state index is 12.8. The first kappa shape index (κ1) is 32.2. The van der Waals surface area contributed by atoms with Crippen LogP contribution in [0.15, 0.2) is 59.3 Å². The summed E-state index contributed by atoms with van der Waals surface area (Å²) in [6.07, 6.45) is 0. The van der Waals surface area contributed by atoms with Crippen LogP contribution in [0.5, 0.6) is 0 Å². The molecule has 2 heterocycles. The Labute approximate surface area is 243 Å². The largest absolute Gasteiger partial charge is 1.00 e. The fourth-order valence-corrected chi connectivity index (χ4v) is 4.76. The van der Waals surface area contributed by atoms with Crippen molar-refractivity contribution in [3.8, 4) is 21.1 Å². The molecule has 2 aromatic heterocycles. The Morgan fingerprint density at radius 3 is 1.61 bits per heavy atom. The van der Waals surface area contributed by atoms with Crippen molar-refractivity contribution < 1.29 is 29.1 Å². The van der Waals surface area contributed by atoms with Gasteiger partial charge in [-0.1, -0.05) is 13.8 Å². The zero-order chi connectivity index (χ0) is 24.9. The molecule has 4 aromatic rings. The number of rotatable bonds is 5. The molecule has 0 aliphatic carbocycles. The second kappa shape index (κ2) is 13.6. The van der Waals surface area contributed by atoms with Crippen molar-refractivity contribution in [3.63, 3.8) is 0 Å². The van der Waals surface area contributed by atoms with E-state index >= 15 is 0 Å². The van der Waals surface area contributed by atoms with E-state index < -0.39 is 5.54 Å². The van der Waals surface area contributed by atoms with Crippen LogP contribution in [0, 0.1) is 18.2 Å². The molecule has 0 amide bonds. The third kappa shape index (κ3) is 8.07. The number of nitrogens with two attached hydrogens (primary N) is 1. The van der Waals surface area contributed by atoms with Gasteiger partial charge in [-0.15, -0.1) is 22.7 Å². The SMILES string of the molecule is CC(C)(CN)c1csc(-c2ccc(F)cc2)n1.[AlH3].[C-]#[N+]C(C)(C)c1csc(-c2ccc(F)cc2)n1.[H-].[Li+]. The normalized spacial score (nSPS) is 10.8. The van der Waals surface area contributed by atoms with Gasteiger partial charge in [0, 0.05) is 47.7 Å². The van der Waals surface area contributed by atoms with Gasteiger partial charge in [0.2, 0.25) is 0 Å². The van der Waals surface area contributed by atoms with Gasteiger partial charge in [-0.3, -0.25) is 0 Å². The average molecular weight is 535 g/mol. The Balaban J connectivity index is 0.000000648. The summed E-state index contributed by atoms with van der Waals surface area (Å²) in [5, 5.41) is 5.63. The van der Waals surface area contributed by atoms with Crippen LogP contribution in [0.3, 0.4) is 0 Å². The van der Waals surface area contributed by atoms with Crippen LogP contribution in [-0.2, 0) is 11.0 Å². The van der Waals surface area contributed by atoms with Crippen molar-refractivity contribution in [3.05, 3.63) is 93.7 Å². The van der Waals surface area contributed by atoms with E-state index in [1.54, 1.807) is 35.6 Å². The van der Waals surface area contributed by atoms with Crippen LogP contribution in [0.1, 0.15) is 40.5 Å². The molecule has 0 bridgehead atoms. The number of thiazole rings is 2. The quantitative estimate of drug-likeness (QED) is 0.316. The molecule has 0 radical (unpaired) electrons. The summed E-state index contributed by atoms with van der Waals surface area (Å²) >= 11 is 3.04. The number of nitrogens with zero attached hydrogens (tertiary/aromatic N) is 3. The molecule has 10 heteroatoms. The van der Waals surface area contributed by atoms with E-state index in [-0.39, 0.29) is 54.7 Å². The van der Waals surface area contributed by atoms with Crippen molar-refractivity contribution >= 4 is 40.0 Å². The van der Waals surface area contributed by atoms with Gasteiger partial charge >= 0.3 is 18.9 Å². The maximum absolute atomic E-state index is 12.8. The zero-order valence-corrected chi connectivity index (χ0v) is 22.1. The van der Waals surface area contributed by atoms with Crippen LogP contribution in [0.25, 0.3) is 26.0 Å². The molecule has 4 rings (SSSR count). The van der Waals surface area contributed by atoms with Crippen LogP contribution in [0.4, 0.5) is 8.78 Å². The van der Waals surface area contributed by atoms with Crippen molar-refractivity contribution in [1.29, 1.82) is 0 Å². The fourth-order valence-electron chi connectivity index (χ4n) is 2.75. The summed E-state index contributed by atoms with van der Waals surface area (Å²) < 4.78 is 25.6. The molecule has 0 aliphatic heterocycles. The molecule has 36 heavy (non-hydrogen) atoms. The molecule has 2 N–H and O–H groups in total. The molecule has 0 atom stereocenters. The number of hydrogen-bond donors (Lipinski definition) is 1. The maximum Gasteiger partial charge on any atom is 1.00 e. The van der Waals surface area contributed by atoms with Gasteiger partial charge in [0.05, 0.1) is 5.69 Å². The molecule has 4 nitrogen and oxygen atoms in total. The third-order valence-electron chi connectivity index (χ3n) is 5.30. The Kier molecular flexibility index (Phi) is 12.2.